The van der Waals surface area contributed by atoms with E-state index in [1.807, 2.05) is 6.92 Å². The Morgan fingerprint density at radius 2 is 2.09 bits per heavy atom. The molecule has 35 heavy (non-hydrogen) atoms. The summed E-state index contributed by atoms with van der Waals surface area (Å²) >= 11 is 0. The number of anilines is 3. The van der Waals surface area contributed by atoms with E-state index in [1.54, 1.807) is 23.1 Å². The van der Waals surface area contributed by atoms with Crippen LogP contribution in [0.15, 0.2) is 24.3 Å². The van der Waals surface area contributed by atoms with Gasteiger partial charge >= 0.3 is 6.09 Å². The molecule has 0 bridgehead atoms. The monoisotopic (exact) mass is 483 g/mol. The molecule has 0 radical (unpaired) electrons. The van der Waals surface area contributed by atoms with Gasteiger partial charge in [-0.15, -0.1) is 0 Å². The molecule has 5 rings (SSSR count). The van der Waals surface area contributed by atoms with Crippen LogP contribution in [0.25, 0.3) is 0 Å². The lowest BCUT2D eigenvalue weighted by atomic mass is 10.1. The molecule has 11 heteroatoms. The molecule has 2 aromatic rings. The van der Waals surface area contributed by atoms with Crippen LogP contribution in [0.1, 0.15) is 30.9 Å². The van der Waals surface area contributed by atoms with Gasteiger partial charge in [-0.25, -0.2) is 14.2 Å². The number of nitrogens with one attached hydrogen (secondary N) is 2. The molecule has 2 N–H and O–H groups in total. The third kappa shape index (κ3) is 4.51. The summed E-state index contributed by atoms with van der Waals surface area (Å²) in [6.07, 6.45) is 0.831. The highest BCUT2D eigenvalue weighted by molar-refractivity contribution is 6.02. The zero-order valence-corrected chi connectivity index (χ0v) is 19.3. The molecule has 0 spiro atoms. The summed E-state index contributed by atoms with van der Waals surface area (Å²) in [5.41, 5.74) is 2.04. The highest BCUT2D eigenvalue weighted by Gasteiger charge is 2.34. The topological polar surface area (TPSA) is 113 Å². The van der Waals surface area contributed by atoms with Crippen molar-refractivity contribution in [1.82, 2.24) is 10.3 Å². The van der Waals surface area contributed by atoms with Crippen LogP contribution in [-0.4, -0.2) is 55.2 Å². The number of cyclic esters (lactones) is 1. The van der Waals surface area contributed by atoms with Gasteiger partial charge in [0.2, 0.25) is 5.91 Å². The van der Waals surface area contributed by atoms with Crippen molar-refractivity contribution in [2.45, 2.75) is 38.8 Å². The maximum Gasteiger partial charge on any atom is 0.415 e. The normalized spacial score (nSPS) is 18.8. The second-order valence-electron chi connectivity index (χ2n) is 8.64. The van der Waals surface area contributed by atoms with Crippen LogP contribution >= 0.6 is 0 Å². The molecule has 3 amide bonds. The van der Waals surface area contributed by atoms with Gasteiger partial charge in [-0.05, 0) is 50.1 Å². The van der Waals surface area contributed by atoms with E-state index in [-0.39, 0.29) is 36.2 Å². The summed E-state index contributed by atoms with van der Waals surface area (Å²) < 4.78 is 25.3. The van der Waals surface area contributed by atoms with Gasteiger partial charge in [0.15, 0.2) is 18.2 Å². The van der Waals surface area contributed by atoms with Crippen molar-refractivity contribution in [3.63, 3.8) is 0 Å². The Balaban J connectivity index is 1.13. The van der Waals surface area contributed by atoms with Crippen molar-refractivity contribution in [3.8, 4) is 5.75 Å². The summed E-state index contributed by atoms with van der Waals surface area (Å²) in [5.74, 6) is 0.473. The lowest BCUT2D eigenvalue weighted by Gasteiger charge is -2.19. The molecule has 0 saturated carbocycles. The fourth-order valence-corrected chi connectivity index (χ4v) is 4.66. The third-order valence-corrected chi connectivity index (χ3v) is 6.33. The van der Waals surface area contributed by atoms with E-state index in [2.05, 4.69) is 15.6 Å². The number of pyridine rings is 1. The molecule has 1 fully saturated rings. The Morgan fingerprint density at radius 3 is 2.91 bits per heavy atom. The molecule has 1 unspecified atom stereocenters. The average Bonchev–Trinajstić information content (AvgIpc) is 3.37. The van der Waals surface area contributed by atoms with Crippen LogP contribution in [-0.2, 0) is 27.3 Å². The summed E-state index contributed by atoms with van der Waals surface area (Å²) in [7, 11) is 0. The van der Waals surface area contributed by atoms with Crippen LogP contribution in [0.2, 0.25) is 0 Å². The fraction of sp³-hybridized carbons (Fsp3) is 0.417. The minimum atomic E-state index is -0.496. The van der Waals surface area contributed by atoms with Gasteiger partial charge < -0.3 is 25.0 Å². The first-order chi connectivity index (χ1) is 16.9. The number of hydrogen-bond acceptors (Lipinski definition) is 7. The molecular formula is C24H26FN5O5. The zero-order chi connectivity index (χ0) is 24.5. The predicted molar refractivity (Wildman–Crippen MR) is 125 cm³/mol. The number of benzene rings is 1. The van der Waals surface area contributed by atoms with Gasteiger partial charge in [-0.2, -0.15) is 0 Å². The smallest absolute Gasteiger partial charge is 0.415 e. The molecule has 10 nitrogen and oxygen atoms in total. The Kier molecular flexibility index (Phi) is 6.25. The van der Waals surface area contributed by atoms with Crippen molar-refractivity contribution >= 4 is 35.2 Å². The quantitative estimate of drug-likeness (QED) is 0.554. The van der Waals surface area contributed by atoms with Crippen molar-refractivity contribution in [2.75, 3.05) is 41.4 Å². The molecule has 4 heterocycles. The van der Waals surface area contributed by atoms with Crippen LogP contribution in [0, 0.1) is 5.82 Å². The fourth-order valence-electron chi connectivity index (χ4n) is 4.66. The largest absolute Gasteiger partial charge is 0.480 e. The number of nitrogens with zero attached hydrogens (tertiary/aromatic N) is 3. The van der Waals surface area contributed by atoms with Crippen molar-refractivity contribution in [3.05, 3.63) is 41.2 Å². The van der Waals surface area contributed by atoms with E-state index < -0.39 is 6.09 Å². The maximum atomic E-state index is 14.5. The third-order valence-electron chi connectivity index (χ3n) is 6.33. The van der Waals surface area contributed by atoms with Crippen molar-refractivity contribution < 1.29 is 28.2 Å². The Hall–Kier alpha value is -3.73. The van der Waals surface area contributed by atoms with Gasteiger partial charge in [0.05, 0.1) is 18.7 Å². The first-order valence-corrected chi connectivity index (χ1v) is 11.7. The summed E-state index contributed by atoms with van der Waals surface area (Å²) in [5, 5.41) is 5.88. The molecule has 3 aliphatic rings. The lowest BCUT2D eigenvalue weighted by molar-refractivity contribution is -0.119. The van der Waals surface area contributed by atoms with Gasteiger partial charge in [0, 0.05) is 18.7 Å². The van der Waals surface area contributed by atoms with E-state index in [0.717, 1.165) is 5.56 Å². The second-order valence-corrected chi connectivity index (χ2v) is 8.64. The van der Waals surface area contributed by atoms with E-state index in [9.17, 15) is 18.8 Å². The van der Waals surface area contributed by atoms with Gasteiger partial charge in [0.25, 0.3) is 5.91 Å². The highest BCUT2D eigenvalue weighted by Crippen LogP contribution is 2.34. The number of carbonyl (C=O) groups excluding carboxylic acids is 3. The second kappa shape index (κ2) is 9.49. The summed E-state index contributed by atoms with van der Waals surface area (Å²) in [6, 6.07) is 6.41. The SMILES string of the molecule is CCN1C(=O)Cc2ccc(F)c(CNCCCC3CN(c4ccc5c(n4)NC(=O)CO5)C(=O)O3)c21. The molecule has 3 aliphatic heterocycles. The molecule has 1 aromatic carbocycles. The van der Waals surface area contributed by atoms with Crippen molar-refractivity contribution in [2.24, 2.45) is 0 Å². The predicted octanol–water partition coefficient (Wildman–Crippen LogP) is 2.36. The van der Waals surface area contributed by atoms with Gasteiger partial charge in [0.1, 0.15) is 17.7 Å². The van der Waals surface area contributed by atoms with Crippen LogP contribution in [0.3, 0.4) is 0 Å². The maximum absolute atomic E-state index is 14.5. The number of hydrogen-bond donors (Lipinski definition) is 2. The number of halogens is 1. The highest BCUT2D eigenvalue weighted by atomic mass is 19.1. The number of aromatic nitrogens is 1. The Labute approximate surface area is 201 Å². The lowest BCUT2D eigenvalue weighted by Crippen LogP contribution is -2.29. The Morgan fingerprint density at radius 1 is 1.23 bits per heavy atom. The number of rotatable bonds is 8. The first-order valence-electron chi connectivity index (χ1n) is 11.7. The van der Waals surface area contributed by atoms with E-state index in [0.29, 0.717) is 68.3 Å². The van der Waals surface area contributed by atoms with Crippen LogP contribution in [0.5, 0.6) is 5.75 Å². The van der Waals surface area contributed by atoms with Gasteiger partial charge in [-0.3, -0.25) is 14.5 Å². The molecule has 1 aromatic heterocycles. The standard InChI is InChI=1S/C24H26FN5O5/c1-2-29-21(32)10-14-5-6-17(25)16(22(14)29)11-26-9-3-4-15-12-30(24(33)35-15)19-8-7-18-23(27-19)28-20(31)13-34-18/h5-8,15,26H,2-4,9-13H2,1H3,(H,27,28,31). The van der Waals surface area contributed by atoms with Crippen molar-refractivity contribution in [1.29, 1.82) is 0 Å². The van der Waals surface area contributed by atoms with Gasteiger partial charge in [-0.1, -0.05) is 6.07 Å². The molecule has 0 aliphatic carbocycles. The number of amides is 3. The van der Waals surface area contributed by atoms with Crippen LogP contribution < -0.4 is 25.2 Å². The van der Waals surface area contributed by atoms with Crippen LogP contribution in [0.4, 0.5) is 26.5 Å². The molecular weight excluding hydrogens is 457 g/mol. The van der Waals surface area contributed by atoms with E-state index >= 15 is 0 Å². The molecule has 1 saturated heterocycles. The minimum Gasteiger partial charge on any atom is -0.480 e. The number of carbonyl (C=O) groups is 3. The average molecular weight is 484 g/mol. The minimum absolute atomic E-state index is 0.00900. The van der Waals surface area contributed by atoms with E-state index in [1.165, 1.54) is 11.0 Å². The summed E-state index contributed by atoms with van der Waals surface area (Å²) in [4.78, 5) is 43.5. The number of likely N-dealkylation sites (N-methyl/N-ethyl adjacent to an activating group) is 1. The number of ether oxygens (including phenoxy) is 2. The molecule has 184 valence electrons. The van der Waals surface area contributed by atoms with E-state index in [4.69, 9.17) is 9.47 Å². The molecule has 1 atom stereocenters. The Bertz CT molecular complexity index is 1190. The first kappa shape index (κ1) is 23.0. The zero-order valence-electron chi connectivity index (χ0n) is 19.3. The number of fused-ring (bicyclic) bond motifs is 2. The summed E-state index contributed by atoms with van der Waals surface area (Å²) in [6.45, 7) is 3.56.